The van der Waals surface area contributed by atoms with Gasteiger partial charge in [-0.3, -0.25) is 4.79 Å². The molecular weight excluding hydrogens is 174 g/mol. The highest BCUT2D eigenvalue weighted by Crippen LogP contribution is 2.21. The van der Waals surface area contributed by atoms with E-state index in [4.69, 9.17) is 0 Å². The molecule has 1 saturated heterocycles. The van der Waals surface area contributed by atoms with Gasteiger partial charge in [-0.2, -0.15) is 12.6 Å². The fourth-order valence-corrected chi connectivity index (χ4v) is 1.56. The quantitative estimate of drug-likeness (QED) is 0.582. The first-order valence-electron chi connectivity index (χ1n) is 4.12. The van der Waals surface area contributed by atoms with Gasteiger partial charge in [0.2, 0.25) is 5.91 Å². The van der Waals surface area contributed by atoms with Crippen LogP contribution in [0.25, 0.3) is 0 Å². The van der Waals surface area contributed by atoms with Gasteiger partial charge in [0.05, 0.1) is 10.9 Å². The Morgan fingerprint density at radius 1 is 1.75 bits per heavy atom. The van der Waals surface area contributed by atoms with Crippen LogP contribution in [0.1, 0.15) is 20.3 Å². The molecule has 1 aliphatic rings. The molecule has 2 atom stereocenters. The normalized spacial score (nSPS) is 32.2. The van der Waals surface area contributed by atoms with Crippen molar-refractivity contribution in [1.29, 1.82) is 0 Å². The Morgan fingerprint density at radius 2 is 2.33 bits per heavy atom. The molecule has 0 saturated carbocycles. The molecule has 4 heteroatoms. The van der Waals surface area contributed by atoms with Crippen LogP contribution in [0, 0.1) is 0 Å². The lowest BCUT2D eigenvalue weighted by molar-refractivity contribution is -0.130. The van der Waals surface area contributed by atoms with Crippen LogP contribution in [0.4, 0.5) is 0 Å². The summed E-state index contributed by atoms with van der Waals surface area (Å²) in [6, 6.07) is 0. The molecule has 12 heavy (non-hydrogen) atoms. The number of carbonyl (C=O) groups excluding carboxylic acids is 1. The molecule has 0 aromatic heterocycles. The first kappa shape index (κ1) is 9.86. The van der Waals surface area contributed by atoms with E-state index in [0.29, 0.717) is 19.5 Å². The molecule has 1 rings (SSSR count). The van der Waals surface area contributed by atoms with E-state index in [2.05, 4.69) is 12.6 Å². The zero-order valence-electron chi connectivity index (χ0n) is 7.45. The molecule has 0 bridgehead atoms. The molecule has 0 aromatic carbocycles. The molecule has 0 aliphatic carbocycles. The number of hydrogen-bond acceptors (Lipinski definition) is 3. The third-order valence-electron chi connectivity index (χ3n) is 2.12. The van der Waals surface area contributed by atoms with E-state index in [9.17, 15) is 9.90 Å². The second-order valence-electron chi connectivity index (χ2n) is 3.68. The molecule has 1 heterocycles. The summed E-state index contributed by atoms with van der Waals surface area (Å²) >= 11 is 4.05. The molecule has 70 valence electrons. The number of amides is 1. The molecule has 0 aromatic rings. The summed E-state index contributed by atoms with van der Waals surface area (Å²) in [4.78, 5) is 13.0. The first-order valence-corrected chi connectivity index (χ1v) is 4.63. The highest BCUT2D eigenvalue weighted by atomic mass is 32.1. The fourth-order valence-electron chi connectivity index (χ4n) is 1.40. The minimum absolute atomic E-state index is 0.0103. The number of hydrogen-bond donors (Lipinski definition) is 2. The number of carbonyl (C=O) groups is 1. The third-order valence-corrected chi connectivity index (χ3v) is 2.34. The highest BCUT2D eigenvalue weighted by molar-refractivity contribution is 7.81. The summed E-state index contributed by atoms with van der Waals surface area (Å²) in [6.45, 7) is 4.59. The minimum Gasteiger partial charge on any atom is -0.388 e. The Bertz CT molecular complexity index is 191. The lowest BCUT2D eigenvalue weighted by atomic mass is 10.1. The topological polar surface area (TPSA) is 40.5 Å². The van der Waals surface area contributed by atoms with Gasteiger partial charge in [-0.15, -0.1) is 0 Å². The van der Waals surface area contributed by atoms with Crippen LogP contribution in [0.2, 0.25) is 0 Å². The van der Waals surface area contributed by atoms with E-state index in [-0.39, 0.29) is 11.2 Å². The molecule has 1 fully saturated rings. The smallest absolute Gasteiger partial charge is 0.235 e. The van der Waals surface area contributed by atoms with Crippen molar-refractivity contribution >= 4 is 18.5 Å². The zero-order chi connectivity index (χ0) is 9.35. The van der Waals surface area contributed by atoms with Crippen LogP contribution in [-0.4, -0.2) is 39.9 Å². The average molecular weight is 189 g/mol. The Hall–Kier alpha value is -0.220. The lowest BCUT2D eigenvalue weighted by Gasteiger charge is -2.20. The minimum atomic E-state index is -0.696. The number of thiol groups is 1. The van der Waals surface area contributed by atoms with Gasteiger partial charge in [0.15, 0.2) is 0 Å². The van der Waals surface area contributed by atoms with Crippen molar-refractivity contribution in [3.05, 3.63) is 0 Å². The molecule has 2 unspecified atom stereocenters. The van der Waals surface area contributed by atoms with Crippen molar-refractivity contribution in [2.75, 3.05) is 13.1 Å². The largest absolute Gasteiger partial charge is 0.388 e. The van der Waals surface area contributed by atoms with Crippen LogP contribution in [-0.2, 0) is 4.79 Å². The summed E-state index contributed by atoms with van der Waals surface area (Å²) in [7, 11) is 0. The molecule has 0 spiro atoms. The van der Waals surface area contributed by atoms with Crippen LogP contribution in [0.15, 0.2) is 0 Å². The molecule has 1 amide bonds. The van der Waals surface area contributed by atoms with E-state index >= 15 is 0 Å². The van der Waals surface area contributed by atoms with E-state index in [1.165, 1.54) is 0 Å². The van der Waals surface area contributed by atoms with Crippen LogP contribution < -0.4 is 0 Å². The lowest BCUT2D eigenvalue weighted by Crippen LogP contribution is -2.37. The third kappa shape index (κ3) is 2.14. The number of β-amino-alcohol motifs (C(OH)–C–C–N with tert-alkyl or cyclic N) is 1. The first-order chi connectivity index (χ1) is 5.42. The van der Waals surface area contributed by atoms with Crippen molar-refractivity contribution in [2.45, 2.75) is 31.1 Å². The van der Waals surface area contributed by atoms with Crippen molar-refractivity contribution in [2.24, 2.45) is 0 Å². The standard InChI is InChI=1S/C8H15NO2S/c1-6(12)7(10)9-4-3-8(2,11)5-9/h6,11-12H,3-5H2,1-2H3. The van der Waals surface area contributed by atoms with Crippen molar-refractivity contribution in [1.82, 2.24) is 4.90 Å². The summed E-state index contributed by atoms with van der Waals surface area (Å²) in [5.41, 5.74) is -0.696. The maximum atomic E-state index is 11.4. The van der Waals surface area contributed by atoms with Crippen molar-refractivity contribution in [3.63, 3.8) is 0 Å². The molecule has 3 nitrogen and oxygen atoms in total. The second kappa shape index (κ2) is 3.26. The van der Waals surface area contributed by atoms with Gasteiger partial charge in [-0.05, 0) is 20.3 Å². The Morgan fingerprint density at radius 3 is 2.67 bits per heavy atom. The SMILES string of the molecule is CC(S)C(=O)N1CCC(C)(O)C1. The van der Waals surface area contributed by atoms with Crippen LogP contribution in [0.5, 0.6) is 0 Å². The summed E-state index contributed by atoms with van der Waals surface area (Å²) in [5.74, 6) is 0.0103. The molecule has 1 aliphatic heterocycles. The summed E-state index contributed by atoms with van der Waals surface area (Å²) in [6.07, 6.45) is 0.666. The maximum Gasteiger partial charge on any atom is 0.235 e. The number of aliphatic hydroxyl groups is 1. The van der Waals surface area contributed by atoms with Crippen LogP contribution in [0.3, 0.4) is 0 Å². The molecule has 0 radical (unpaired) electrons. The van der Waals surface area contributed by atoms with Crippen molar-refractivity contribution in [3.8, 4) is 0 Å². The van der Waals surface area contributed by atoms with Gasteiger partial charge in [-0.25, -0.2) is 0 Å². The van der Waals surface area contributed by atoms with Gasteiger partial charge in [0.25, 0.3) is 0 Å². The number of rotatable bonds is 1. The van der Waals surface area contributed by atoms with Gasteiger partial charge in [0.1, 0.15) is 0 Å². The zero-order valence-corrected chi connectivity index (χ0v) is 8.34. The predicted octanol–water partition coefficient (Wildman–Crippen LogP) is 0.288. The van der Waals surface area contributed by atoms with E-state index < -0.39 is 5.60 Å². The van der Waals surface area contributed by atoms with Crippen LogP contribution >= 0.6 is 12.6 Å². The average Bonchev–Trinajstić information content (AvgIpc) is 2.28. The van der Waals surface area contributed by atoms with E-state index in [1.807, 2.05) is 0 Å². The van der Waals surface area contributed by atoms with Gasteiger partial charge in [-0.1, -0.05) is 0 Å². The fraction of sp³-hybridized carbons (Fsp3) is 0.875. The summed E-state index contributed by atoms with van der Waals surface area (Å²) < 4.78 is 0. The van der Waals surface area contributed by atoms with Crippen molar-refractivity contribution < 1.29 is 9.90 Å². The van der Waals surface area contributed by atoms with E-state index in [0.717, 1.165) is 0 Å². The number of nitrogens with zero attached hydrogens (tertiary/aromatic N) is 1. The summed E-state index contributed by atoms with van der Waals surface area (Å²) in [5, 5.41) is 9.31. The second-order valence-corrected chi connectivity index (χ2v) is 4.46. The van der Waals surface area contributed by atoms with Gasteiger partial charge < -0.3 is 10.0 Å². The van der Waals surface area contributed by atoms with E-state index in [1.54, 1.807) is 18.7 Å². The number of likely N-dealkylation sites (tertiary alicyclic amines) is 1. The highest BCUT2D eigenvalue weighted by Gasteiger charge is 2.34. The Balaban J connectivity index is 2.53. The predicted molar refractivity (Wildman–Crippen MR) is 50.3 cm³/mol. The van der Waals surface area contributed by atoms with Gasteiger partial charge in [0, 0.05) is 13.1 Å². The maximum absolute atomic E-state index is 11.4. The van der Waals surface area contributed by atoms with Gasteiger partial charge >= 0.3 is 0 Å². The molecular formula is C8H15NO2S. The monoisotopic (exact) mass is 189 g/mol. The Kier molecular flexibility index (Phi) is 2.68. The molecule has 1 N–H and O–H groups in total. The Labute approximate surface area is 78.2 Å².